The second kappa shape index (κ2) is 8.88. The molecule has 13 heteroatoms. The SMILES string of the molecule is O=C(CCCC(=O)NS(=O)(=O)c1ccc(Cl)cc1)Nc1ncc([N+](=O)[O-])s1. The minimum Gasteiger partial charge on any atom is -0.302 e. The Labute approximate surface area is 162 Å². The van der Waals surface area contributed by atoms with Crippen LogP contribution in [0, 0.1) is 10.1 Å². The van der Waals surface area contributed by atoms with E-state index in [1.807, 2.05) is 4.72 Å². The second-order valence-electron chi connectivity index (χ2n) is 5.15. The number of benzene rings is 1. The number of halogens is 1. The first-order valence-corrected chi connectivity index (χ1v) is 10.1. The Hall–Kier alpha value is -2.57. The first kappa shape index (κ1) is 20.7. The largest absolute Gasteiger partial charge is 0.345 e. The third kappa shape index (κ3) is 6.27. The molecule has 10 nitrogen and oxygen atoms in total. The van der Waals surface area contributed by atoms with E-state index in [1.165, 1.54) is 24.3 Å². The summed E-state index contributed by atoms with van der Waals surface area (Å²) >= 11 is 6.39. The van der Waals surface area contributed by atoms with Crippen molar-refractivity contribution in [1.29, 1.82) is 0 Å². The van der Waals surface area contributed by atoms with Gasteiger partial charge < -0.3 is 5.32 Å². The van der Waals surface area contributed by atoms with E-state index in [1.54, 1.807) is 0 Å². The van der Waals surface area contributed by atoms with Crippen LogP contribution in [0.1, 0.15) is 19.3 Å². The summed E-state index contributed by atoms with van der Waals surface area (Å²) in [5.74, 6) is -1.25. The lowest BCUT2D eigenvalue weighted by molar-refractivity contribution is -0.380. The summed E-state index contributed by atoms with van der Waals surface area (Å²) in [5, 5.41) is 13.1. The molecule has 2 amide bonds. The molecule has 144 valence electrons. The van der Waals surface area contributed by atoms with Gasteiger partial charge in [-0.25, -0.2) is 18.1 Å². The van der Waals surface area contributed by atoms with Crippen LogP contribution in [0.3, 0.4) is 0 Å². The molecule has 0 spiro atoms. The fraction of sp³-hybridized carbons (Fsp3) is 0.214. The van der Waals surface area contributed by atoms with Crippen LogP contribution in [-0.2, 0) is 19.6 Å². The number of amides is 2. The van der Waals surface area contributed by atoms with E-state index in [9.17, 15) is 28.1 Å². The van der Waals surface area contributed by atoms with Gasteiger partial charge in [0.25, 0.3) is 10.0 Å². The summed E-state index contributed by atoms with van der Waals surface area (Å²) in [7, 11) is -4.01. The summed E-state index contributed by atoms with van der Waals surface area (Å²) in [6.45, 7) is 0. The Morgan fingerprint density at radius 2 is 1.81 bits per heavy atom. The van der Waals surface area contributed by atoms with Crippen molar-refractivity contribution in [3.05, 3.63) is 45.6 Å². The van der Waals surface area contributed by atoms with Crippen molar-refractivity contribution in [2.75, 3.05) is 5.32 Å². The van der Waals surface area contributed by atoms with Gasteiger partial charge in [-0.05, 0) is 42.0 Å². The Bertz CT molecular complexity index is 958. The van der Waals surface area contributed by atoms with Crippen LogP contribution in [0.4, 0.5) is 10.1 Å². The van der Waals surface area contributed by atoms with Gasteiger partial charge in [0.2, 0.25) is 11.8 Å². The van der Waals surface area contributed by atoms with Gasteiger partial charge in [-0.15, -0.1) is 0 Å². The number of carbonyl (C=O) groups excluding carboxylic acids is 2. The van der Waals surface area contributed by atoms with Crippen LogP contribution in [0.15, 0.2) is 35.4 Å². The first-order chi connectivity index (χ1) is 12.7. The number of rotatable bonds is 8. The maximum absolute atomic E-state index is 12.0. The van der Waals surface area contributed by atoms with Crippen molar-refractivity contribution in [2.45, 2.75) is 24.2 Å². The van der Waals surface area contributed by atoms with Gasteiger partial charge in [-0.3, -0.25) is 19.7 Å². The van der Waals surface area contributed by atoms with Gasteiger partial charge in [-0.1, -0.05) is 11.6 Å². The Morgan fingerprint density at radius 3 is 2.41 bits per heavy atom. The highest BCUT2D eigenvalue weighted by Crippen LogP contribution is 2.25. The van der Waals surface area contributed by atoms with Crippen LogP contribution >= 0.6 is 22.9 Å². The monoisotopic (exact) mass is 432 g/mol. The first-order valence-electron chi connectivity index (χ1n) is 7.38. The number of anilines is 1. The molecule has 1 heterocycles. The van der Waals surface area contributed by atoms with E-state index >= 15 is 0 Å². The quantitative estimate of drug-likeness (QED) is 0.480. The van der Waals surface area contributed by atoms with Gasteiger partial charge in [0.05, 0.1) is 9.82 Å². The molecule has 0 bridgehead atoms. The molecule has 0 aliphatic carbocycles. The molecule has 2 aromatic rings. The third-order valence-corrected chi connectivity index (χ3v) is 5.61. The normalized spacial score (nSPS) is 11.0. The van der Waals surface area contributed by atoms with Gasteiger partial charge >= 0.3 is 5.00 Å². The summed E-state index contributed by atoms with van der Waals surface area (Å²) < 4.78 is 26.0. The van der Waals surface area contributed by atoms with E-state index in [4.69, 9.17) is 11.6 Å². The highest BCUT2D eigenvalue weighted by Gasteiger charge is 2.18. The molecular formula is C14H13ClN4O6S2. The molecule has 2 N–H and O–H groups in total. The lowest BCUT2D eigenvalue weighted by atomic mass is 10.2. The van der Waals surface area contributed by atoms with E-state index in [2.05, 4.69) is 10.3 Å². The molecule has 0 aliphatic heterocycles. The van der Waals surface area contributed by atoms with Crippen LogP contribution in [0.2, 0.25) is 5.02 Å². The highest BCUT2D eigenvalue weighted by molar-refractivity contribution is 7.90. The molecule has 2 rings (SSSR count). The van der Waals surface area contributed by atoms with Crippen molar-refractivity contribution in [3.63, 3.8) is 0 Å². The molecule has 0 radical (unpaired) electrons. The average molecular weight is 433 g/mol. The maximum Gasteiger partial charge on any atom is 0.345 e. The molecule has 0 saturated carbocycles. The van der Waals surface area contributed by atoms with Gasteiger partial charge in [-0.2, -0.15) is 0 Å². The number of aromatic nitrogens is 1. The summed E-state index contributed by atoms with van der Waals surface area (Å²) in [4.78, 5) is 37.0. The predicted octanol–water partition coefficient (Wildman–Crippen LogP) is 2.32. The molecule has 0 fully saturated rings. The van der Waals surface area contributed by atoms with Gasteiger partial charge in [0.1, 0.15) is 6.20 Å². The third-order valence-electron chi connectivity index (χ3n) is 3.10. The van der Waals surface area contributed by atoms with Crippen molar-refractivity contribution >= 4 is 54.9 Å². The van der Waals surface area contributed by atoms with Crippen molar-refractivity contribution in [3.8, 4) is 0 Å². The summed E-state index contributed by atoms with van der Waals surface area (Å²) in [6.07, 6.45) is 0.830. The number of hydrogen-bond acceptors (Lipinski definition) is 8. The Kier molecular flexibility index (Phi) is 6.82. The fourth-order valence-electron chi connectivity index (χ4n) is 1.87. The fourth-order valence-corrected chi connectivity index (χ4v) is 3.66. The van der Waals surface area contributed by atoms with Crippen molar-refractivity contribution in [2.24, 2.45) is 0 Å². The van der Waals surface area contributed by atoms with E-state index in [0.29, 0.717) is 16.4 Å². The summed E-state index contributed by atoms with van der Waals surface area (Å²) in [6, 6.07) is 5.29. The highest BCUT2D eigenvalue weighted by atomic mass is 35.5. The predicted molar refractivity (Wildman–Crippen MR) is 98.0 cm³/mol. The molecule has 0 saturated heterocycles. The van der Waals surface area contributed by atoms with E-state index < -0.39 is 26.8 Å². The number of nitro groups is 1. The zero-order valence-electron chi connectivity index (χ0n) is 13.5. The molecule has 1 aromatic heterocycles. The molecular weight excluding hydrogens is 420 g/mol. The van der Waals surface area contributed by atoms with E-state index in [-0.39, 0.29) is 34.3 Å². The topological polar surface area (TPSA) is 148 Å². The number of carbonyl (C=O) groups is 2. The van der Waals surface area contributed by atoms with E-state index in [0.717, 1.165) is 6.20 Å². The van der Waals surface area contributed by atoms with Crippen LogP contribution < -0.4 is 10.0 Å². The minimum absolute atomic E-state index is 0.0708. The smallest absolute Gasteiger partial charge is 0.302 e. The number of sulfonamides is 1. The number of nitrogens with one attached hydrogen (secondary N) is 2. The molecule has 0 unspecified atom stereocenters. The minimum atomic E-state index is -4.01. The zero-order valence-corrected chi connectivity index (χ0v) is 15.9. The molecule has 1 aromatic carbocycles. The molecule has 27 heavy (non-hydrogen) atoms. The van der Waals surface area contributed by atoms with Crippen LogP contribution in [0.5, 0.6) is 0 Å². The number of hydrogen-bond donors (Lipinski definition) is 2. The molecule has 0 atom stereocenters. The average Bonchev–Trinajstić information content (AvgIpc) is 3.03. The van der Waals surface area contributed by atoms with Gasteiger partial charge in [0, 0.05) is 17.9 Å². The van der Waals surface area contributed by atoms with Crippen molar-refractivity contribution in [1.82, 2.24) is 9.71 Å². The zero-order chi connectivity index (χ0) is 20.0. The maximum atomic E-state index is 12.0. The van der Waals surface area contributed by atoms with Crippen LogP contribution in [0.25, 0.3) is 0 Å². The van der Waals surface area contributed by atoms with Crippen LogP contribution in [-0.4, -0.2) is 30.1 Å². The standard InChI is InChI=1S/C14H13ClN4O6S2/c15-9-4-6-10(7-5-9)27(24,25)18-12(21)3-1-2-11(20)17-14-16-8-13(26-14)19(22)23/h4-8H,1-3H2,(H,18,21)(H,16,17,20). The Morgan fingerprint density at radius 1 is 1.19 bits per heavy atom. The summed E-state index contributed by atoms with van der Waals surface area (Å²) in [5.41, 5.74) is 0. The Balaban J connectivity index is 1.78. The lowest BCUT2D eigenvalue weighted by Crippen LogP contribution is -2.30. The number of nitrogens with zero attached hydrogens (tertiary/aromatic N) is 2. The van der Waals surface area contributed by atoms with Gasteiger partial charge in [0.15, 0.2) is 5.13 Å². The second-order valence-corrected chi connectivity index (χ2v) is 8.27. The lowest BCUT2D eigenvalue weighted by Gasteiger charge is -2.07. The number of thiazole rings is 1. The molecule has 0 aliphatic rings. The van der Waals surface area contributed by atoms with Crippen molar-refractivity contribution < 1.29 is 22.9 Å².